The Morgan fingerprint density at radius 2 is 1.64 bits per heavy atom. The Morgan fingerprint density at radius 1 is 0.879 bits per heavy atom. The number of nitrogens with zero attached hydrogens (tertiary/aromatic N) is 2. The van der Waals surface area contributed by atoms with E-state index in [0.717, 1.165) is 27.4 Å². The number of amides is 4. The van der Waals surface area contributed by atoms with Gasteiger partial charge in [-0.05, 0) is 35.9 Å². The second-order valence-corrected chi connectivity index (χ2v) is 7.65. The monoisotopic (exact) mass is 439 g/mol. The molecule has 0 radical (unpaired) electrons. The number of benzene rings is 3. The van der Waals surface area contributed by atoms with E-state index in [1.54, 1.807) is 0 Å². The number of rotatable bonds is 4. The van der Waals surface area contributed by atoms with E-state index in [0.29, 0.717) is 12.1 Å². The van der Waals surface area contributed by atoms with Gasteiger partial charge in [0.2, 0.25) is 0 Å². The van der Waals surface area contributed by atoms with Gasteiger partial charge < -0.3 is 4.57 Å². The summed E-state index contributed by atoms with van der Waals surface area (Å²) in [5, 5.41) is 3.03. The number of imide groups is 2. The van der Waals surface area contributed by atoms with E-state index in [9.17, 15) is 18.8 Å². The minimum Gasteiger partial charge on any atom is -0.342 e. The van der Waals surface area contributed by atoms with Gasteiger partial charge in [-0.3, -0.25) is 14.9 Å². The van der Waals surface area contributed by atoms with Crippen LogP contribution in [0, 0.1) is 5.82 Å². The maximum atomic E-state index is 13.7. The first-order valence-corrected chi connectivity index (χ1v) is 10.3. The lowest BCUT2D eigenvalue weighted by molar-refractivity contribution is -0.122. The molecule has 0 saturated carbocycles. The maximum absolute atomic E-state index is 13.7. The maximum Gasteiger partial charge on any atom is 0.335 e. The third-order valence-corrected chi connectivity index (χ3v) is 5.48. The van der Waals surface area contributed by atoms with Gasteiger partial charge in [-0.25, -0.2) is 14.1 Å². The van der Waals surface area contributed by atoms with Gasteiger partial charge in [0.25, 0.3) is 11.8 Å². The number of anilines is 1. The van der Waals surface area contributed by atoms with Gasteiger partial charge in [-0.15, -0.1) is 0 Å². The van der Waals surface area contributed by atoms with Crippen molar-refractivity contribution < 1.29 is 18.8 Å². The number of nitrogens with one attached hydrogen (secondary N) is 1. The van der Waals surface area contributed by atoms with Gasteiger partial charge in [0.05, 0.1) is 5.69 Å². The van der Waals surface area contributed by atoms with E-state index in [1.165, 1.54) is 24.3 Å². The van der Waals surface area contributed by atoms with E-state index in [-0.39, 0.29) is 11.3 Å². The largest absolute Gasteiger partial charge is 0.342 e. The predicted octanol–water partition coefficient (Wildman–Crippen LogP) is 4.50. The van der Waals surface area contributed by atoms with Crippen molar-refractivity contribution in [3.05, 3.63) is 108 Å². The van der Waals surface area contributed by atoms with Crippen molar-refractivity contribution >= 4 is 40.5 Å². The highest BCUT2D eigenvalue weighted by Crippen LogP contribution is 2.27. The van der Waals surface area contributed by atoms with Crippen LogP contribution in [0.15, 0.2) is 90.6 Å². The zero-order chi connectivity index (χ0) is 22.9. The summed E-state index contributed by atoms with van der Waals surface area (Å²) in [4.78, 5) is 38.8. The second kappa shape index (κ2) is 8.20. The molecule has 1 aliphatic rings. The fourth-order valence-electron chi connectivity index (χ4n) is 3.96. The van der Waals surface area contributed by atoms with Crippen molar-refractivity contribution in [1.29, 1.82) is 0 Å². The number of para-hydroxylation sites is 1. The Balaban J connectivity index is 1.58. The molecular formula is C26H18FN3O3. The van der Waals surface area contributed by atoms with Crippen molar-refractivity contribution in [2.75, 3.05) is 4.90 Å². The number of carbonyl (C=O) groups is 3. The summed E-state index contributed by atoms with van der Waals surface area (Å²) in [5.41, 5.74) is 2.54. The van der Waals surface area contributed by atoms with Crippen molar-refractivity contribution in [2.45, 2.75) is 6.54 Å². The zero-order valence-corrected chi connectivity index (χ0v) is 17.4. The van der Waals surface area contributed by atoms with Crippen LogP contribution in [0.4, 0.5) is 14.9 Å². The highest BCUT2D eigenvalue weighted by Gasteiger charge is 2.37. The lowest BCUT2D eigenvalue weighted by Crippen LogP contribution is -2.54. The topological polar surface area (TPSA) is 71.4 Å². The van der Waals surface area contributed by atoms with Crippen LogP contribution in [-0.4, -0.2) is 22.4 Å². The Labute approximate surface area is 188 Å². The van der Waals surface area contributed by atoms with Gasteiger partial charge in [0.1, 0.15) is 11.4 Å². The van der Waals surface area contributed by atoms with E-state index in [2.05, 4.69) is 5.32 Å². The van der Waals surface area contributed by atoms with Gasteiger partial charge in [-0.2, -0.15) is 0 Å². The summed E-state index contributed by atoms with van der Waals surface area (Å²) in [6.45, 7) is 0.610. The molecule has 0 bridgehead atoms. The average Bonchev–Trinajstić information content (AvgIpc) is 3.14. The number of halogens is 1. The SMILES string of the molecule is O=C1NC(=O)N(c2cccc(F)c2)C(=O)/C1=C\c1cn(Cc2ccccc2)c2ccccc12. The first-order valence-electron chi connectivity index (χ1n) is 10.3. The second-order valence-electron chi connectivity index (χ2n) is 7.65. The summed E-state index contributed by atoms with van der Waals surface area (Å²) in [5.74, 6) is -2.20. The summed E-state index contributed by atoms with van der Waals surface area (Å²) in [7, 11) is 0. The lowest BCUT2D eigenvalue weighted by atomic mass is 10.1. The van der Waals surface area contributed by atoms with E-state index in [1.807, 2.05) is 65.4 Å². The molecule has 1 aromatic heterocycles. The summed E-state index contributed by atoms with van der Waals surface area (Å²) in [6, 6.07) is 21.8. The molecule has 2 heterocycles. The quantitative estimate of drug-likeness (QED) is 0.376. The van der Waals surface area contributed by atoms with Gasteiger partial charge in [0, 0.05) is 29.2 Å². The Kier molecular flexibility index (Phi) is 5.06. The Bertz CT molecular complexity index is 1440. The molecule has 5 rings (SSSR count). The number of hydrogen-bond acceptors (Lipinski definition) is 3. The van der Waals surface area contributed by atoms with Crippen molar-refractivity contribution in [1.82, 2.24) is 9.88 Å². The molecule has 33 heavy (non-hydrogen) atoms. The molecule has 1 aliphatic heterocycles. The van der Waals surface area contributed by atoms with Gasteiger partial charge >= 0.3 is 6.03 Å². The molecular weight excluding hydrogens is 421 g/mol. The zero-order valence-electron chi connectivity index (χ0n) is 17.4. The number of barbiturate groups is 1. The highest BCUT2D eigenvalue weighted by atomic mass is 19.1. The predicted molar refractivity (Wildman–Crippen MR) is 123 cm³/mol. The van der Waals surface area contributed by atoms with Gasteiger partial charge in [-0.1, -0.05) is 54.6 Å². The summed E-state index contributed by atoms with van der Waals surface area (Å²) in [6.07, 6.45) is 3.34. The van der Waals surface area contributed by atoms with E-state index >= 15 is 0 Å². The minimum atomic E-state index is -0.917. The van der Waals surface area contributed by atoms with Crippen LogP contribution in [0.2, 0.25) is 0 Å². The van der Waals surface area contributed by atoms with Crippen LogP contribution in [0.1, 0.15) is 11.1 Å². The molecule has 0 spiro atoms. The fourth-order valence-corrected chi connectivity index (χ4v) is 3.96. The molecule has 4 aromatic rings. The van der Waals surface area contributed by atoms with Crippen LogP contribution in [0.5, 0.6) is 0 Å². The molecule has 1 saturated heterocycles. The molecule has 162 valence electrons. The number of hydrogen-bond donors (Lipinski definition) is 1. The molecule has 3 aromatic carbocycles. The van der Waals surface area contributed by atoms with E-state index in [4.69, 9.17) is 0 Å². The normalized spacial score (nSPS) is 15.4. The third kappa shape index (κ3) is 3.80. The van der Waals surface area contributed by atoms with Crippen LogP contribution < -0.4 is 10.2 Å². The molecule has 0 aliphatic carbocycles. The standard InChI is InChI=1S/C26H18FN3O3/c27-19-9-6-10-20(14-19)30-25(32)22(24(31)28-26(30)33)13-18-16-29(15-17-7-2-1-3-8-17)23-12-5-4-11-21(18)23/h1-14,16H,15H2,(H,28,31,33)/b22-13-. The van der Waals surface area contributed by atoms with Gasteiger partial charge in [0.15, 0.2) is 0 Å². The molecule has 4 amide bonds. The van der Waals surface area contributed by atoms with E-state index < -0.39 is 23.7 Å². The van der Waals surface area contributed by atoms with Crippen LogP contribution in [0.3, 0.4) is 0 Å². The first kappa shape index (κ1) is 20.4. The number of fused-ring (bicyclic) bond motifs is 1. The summed E-state index contributed by atoms with van der Waals surface area (Å²) < 4.78 is 15.7. The molecule has 7 heteroatoms. The molecule has 1 fully saturated rings. The van der Waals surface area contributed by atoms with Crippen molar-refractivity contribution in [2.24, 2.45) is 0 Å². The average molecular weight is 439 g/mol. The van der Waals surface area contributed by atoms with Crippen LogP contribution >= 0.6 is 0 Å². The smallest absolute Gasteiger partial charge is 0.335 e. The molecule has 0 unspecified atom stereocenters. The van der Waals surface area contributed by atoms with Crippen molar-refractivity contribution in [3.8, 4) is 0 Å². The number of urea groups is 1. The molecule has 1 N–H and O–H groups in total. The molecule has 0 atom stereocenters. The lowest BCUT2D eigenvalue weighted by Gasteiger charge is -2.26. The number of aromatic nitrogens is 1. The van der Waals surface area contributed by atoms with Crippen LogP contribution in [0.25, 0.3) is 17.0 Å². The number of carbonyl (C=O) groups excluding carboxylic acids is 3. The Hall–Kier alpha value is -4.52. The fraction of sp³-hybridized carbons (Fsp3) is 0.0385. The third-order valence-electron chi connectivity index (χ3n) is 5.48. The first-order chi connectivity index (χ1) is 16.0. The summed E-state index contributed by atoms with van der Waals surface area (Å²) >= 11 is 0. The van der Waals surface area contributed by atoms with Crippen molar-refractivity contribution in [3.63, 3.8) is 0 Å². The molecule has 6 nitrogen and oxygen atoms in total. The van der Waals surface area contributed by atoms with Crippen LogP contribution in [-0.2, 0) is 16.1 Å². The highest BCUT2D eigenvalue weighted by molar-refractivity contribution is 6.39. The Morgan fingerprint density at radius 3 is 2.42 bits per heavy atom. The minimum absolute atomic E-state index is 0.0439.